The van der Waals surface area contributed by atoms with Crippen molar-refractivity contribution in [1.29, 1.82) is 0 Å². The minimum atomic E-state index is -4.18. The average Bonchev–Trinajstić information content (AvgIpc) is 2.11. The smallest absolute Gasteiger partial charge is 0.389 e. The molecule has 0 atom stereocenters. The fourth-order valence-electron chi connectivity index (χ4n) is 1.03. The molecular formula is C7H15F3O3Si. The average molecular weight is 232 g/mol. The zero-order valence-corrected chi connectivity index (χ0v) is 9.48. The topological polar surface area (TPSA) is 27.7 Å². The van der Waals surface area contributed by atoms with Crippen molar-refractivity contribution in [3.63, 3.8) is 0 Å². The summed E-state index contributed by atoms with van der Waals surface area (Å²) in [7, 11) is 1.32. The number of ether oxygens (including phenoxy) is 1. The summed E-state index contributed by atoms with van der Waals surface area (Å²) in [5.41, 5.74) is 0. The lowest BCUT2D eigenvalue weighted by atomic mass is 10.5. The van der Waals surface area contributed by atoms with Gasteiger partial charge in [-0.25, -0.2) is 0 Å². The van der Waals surface area contributed by atoms with E-state index in [0.717, 1.165) is 0 Å². The second-order valence-electron chi connectivity index (χ2n) is 2.87. The van der Waals surface area contributed by atoms with Gasteiger partial charge < -0.3 is 13.6 Å². The molecule has 0 saturated carbocycles. The van der Waals surface area contributed by atoms with E-state index in [1.165, 1.54) is 21.3 Å². The number of alkyl halides is 3. The van der Waals surface area contributed by atoms with E-state index in [9.17, 15) is 13.2 Å². The van der Waals surface area contributed by atoms with Crippen LogP contribution >= 0.6 is 0 Å². The van der Waals surface area contributed by atoms with Crippen LogP contribution in [0.25, 0.3) is 0 Å². The van der Waals surface area contributed by atoms with Crippen LogP contribution in [0.2, 0.25) is 6.04 Å². The molecular weight excluding hydrogens is 217 g/mol. The Balaban J connectivity index is 4.21. The van der Waals surface area contributed by atoms with E-state index in [0.29, 0.717) is 0 Å². The maximum Gasteiger partial charge on any atom is 0.389 e. The second kappa shape index (κ2) is 5.69. The highest BCUT2D eigenvalue weighted by atomic mass is 28.4. The molecule has 7 heteroatoms. The molecule has 0 aliphatic carbocycles. The molecule has 0 fully saturated rings. The molecule has 0 amide bonds. The molecule has 0 aromatic rings. The van der Waals surface area contributed by atoms with E-state index in [1.54, 1.807) is 0 Å². The SMILES string of the molecule is COC[Si](CCC(F)(F)F)(OC)OC. The zero-order chi connectivity index (χ0) is 11.2. The van der Waals surface area contributed by atoms with Gasteiger partial charge in [0.2, 0.25) is 0 Å². The van der Waals surface area contributed by atoms with Crippen molar-refractivity contribution in [1.82, 2.24) is 0 Å². The summed E-state index contributed by atoms with van der Waals surface area (Å²) in [5, 5.41) is 0. The highest BCUT2D eigenvalue weighted by Crippen LogP contribution is 2.26. The maximum absolute atomic E-state index is 12.0. The Morgan fingerprint density at radius 3 is 1.86 bits per heavy atom. The first kappa shape index (κ1) is 13.9. The third-order valence-corrected chi connectivity index (χ3v) is 5.13. The molecule has 3 nitrogen and oxygen atoms in total. The molecule has 86 valence electrons. The molecule has 0 saturated heterocycles. The Labute approximate surface area is 82.4 Å². The Kier molecular flexibility index (Phi) is 5.65. The molecule has 0 radical (unpaired) electrons. The van der Waals surface area contributed by atoms with Crippen LogP contribution in [0.3, 0.4) is 0 Å². The summed E-state index contributed by atoms with van der Waals surface area (Å²) in [4.78, 5) is 0. The third kappa shape index (κ3) is 4.94. The normalized spacial score (nSPS) is 13.3. The van der Waals surface area contributed by atoms with Crippen molar-refractivity contribution in [3.8, 4) is 0 Å². The molecule has 0 rings (SSSR count). The molecule has 0 bridgehead atoms. The molecule has 0 spiro atoms. The van der Waals surface area contributed by atoms with Crippen LogP contribution in [-0.4, -0.2) is 42.3 Å². The van der Waals surface area contributed by atoms with Gasteiger partial charge in [-0.1, -0.05) is 0 Å². The predicted molar refractivity (Wildman–Crippen MR) is 47.1 cm³/mol. The van der Waals surface area contributed by atoms with Gasteiger partial charge >= 0.3 is 14.7 Å². The quantitative estimate of drug-likeness (QED) is 0.654. The fourth-order valence-corrected chi connectivity index (χ4v) is 3.09. The van der Waals surface area contributed by atoms with Gasteiger partial charge in [0, 0.05) is 33.8 Å². The number of hydrogen-bond acceptors (Lipinski definition) is 3. The lowest BCUT2D eigenvalue weighted by Gasteiger charge is -2.26. The van der Waals surface area contributed by atoms with Gasteiger partial charge in [-0.2, -0.15) is 13.2 Å². The van der Waals surface area contributed by atoms with Gasteiger partial charge in [-0.15, -0.1) is 0 Å². The summed E-state index contributed by atoms with van der Waals surface area (Å²) in [6, 6.07) is -0.142. The molecule has 0 aliphatic rings. The summed E-state index contributed by atoms with van der Waals surface area (Å²) in [5.74, 6) is 0. The highest BCUT2D eigenvalue weighted by molar-refractivity contribution is 6.67. The van der Waals surface area contributed by atoms with E-state index in [-0.39, 0.29) is 12.3 Å². The number of methoxy groups -OCH3 is 1. The van der Waals surface area contributed by atoms with Crippen LogP contribution in [0, 0.1) is 0 Å². The first-order chi connectivity index (χ1) is 6.39. The Morgan fingerprint density at radius 2 is 1.57 bits per heavy atom. The monoisotopic (exact) mass is 232 g/mol. The summed E-state index contributed by atoms with van der Waals surface area (Å²) >= 11 is 0. The fraction of sp³-hybridized carbons (Fsp3) is 1.00. The molecule has 0 aromatic carbocycles. The number of halogens is 3. The first-order valence-corrected chi connectivity index (χ1v) is 6.28. The third-order valence-electron chi connectivity index (χ3n) is 1.90. The molecule has 0 heterocycles. The van der Waals surface area contributed by atoms with Gasteiger partial charge in [-0.3, -0.25) is 0 Å². The van der Waals surface area contributed by atoms with Crippen LogP contribution in [-0.2, 0) is 13.6 Å². The summed E-state index contributed by atoms with van der Waals surface area (Å²) in [6.07, 6.45) is -4.97. The lowest BCUT2D eigenvalue weighted by molar-refractivity contribution is -0.132. The molecule has 14 heavy (non-hydrogen) atoms. The van der Waals surface area contributed by atoms with Crippen LogP contribution < -0.4 is 0 Å². The second-order valence-corrected chi connectivity index (χ2v) is 6.29. The van der Waals surface area contributed by atoms with Gasteiger partial charge in [0.1, 0.15) is 0 Å². The minimum absolute atomic E-state index is 0.107. The summed E-state index contributed by atoms with van der Waals surface area (Å²) in [6.45, 7) is 0. The van der Waals surface area contributed by atoms with Gasteiger partial charge in [-0.05, 0) is 0 Å². The van der Waals surface area contributed by atoms with Crippen LogP contribution in [0.4, 0.5) is 13.2 Å². The lowest BCUT2D eigenvalue weighted by Crippen LogP contribution is -2.46. The Bertz CT molecular complexity index is 159. The van der Waals surface area contributed by atoms with Crippen LogP contribution in [0.15, 0.2) is 0 Å². The number of rotatable bonds is 6. The van der Waals surface area contributed by atoms with Crippen LogP contribution in [0.1, 0.15) is 6.42 Å². The number of hydrogen-bond donors (Lipinski definition) is 0. The highest BCUT2D eigenvalue weighted by Gasteiger charge is 2.40. The Hall–Kier alpha value is -0.113. The van der Waals surface area contributed by atoms with E-state index in [1.807, 2.05) is 0 Å². The van der Waals surface area contributed by atoms with Crippen molar-refractivity contribution >= 4 is 8.56 Å². The van der Waals surface area contributed by atoms with Crippen LogP contribution in [0.5, 0.6) is 0 Å². The first-order valence-electron chi connectivity index (χ1n) is 4.05. The van der Waals surface area contributed by atoms with Gasteiger partial charge in [0.15, 0.2) is 0 Å². The van der Waals surface area contributed by atoms with E-state index in [4.69, 9.17) is 13.6 Å². The van der Waals surface area contributed by atoms with Crippen molar-refractivity contribution in [2.24, 2.45) is 0 Å². The van der Waals surface area contributed by atoms with Crippen molar-refractivity contribution < 1.29 is 26.8 Å². The van der Waals surface area contributed by atoms with Gasteiger partial charge in [0.25, 0.3) is 0 Å². The molecule has 0 aromatic heterocycles. The van der Waals surface area contributed by atoms with Crippen molar-refractivity contribution in [2.45, 2.75) is 18.6 Å². The van der Waals surface area contributed by atoms with E-state index in [2.05, 4.69) is 0 Å². The van der Waals surface area contributed by atoms with Gasteiger partial charge in [0.05, 0.1) is 6.23 Å². The largest absolute Gasteiger partial charge is 0.396 e. The van der Waals surface area contributed by atoms with E-state index >= 15 is 0 Å². The minimum Gasteiger partial charge on any atom is -0.396 e. The standard InChI is InChI=1S/C7H15F3O3Si/c1-11-6-14(12-2,13-3)5-4-7(8,9)10/h4-6H2,1-3H3. The summed E-state index contributed by atoms with van der Waals surface area (Å²) < 4.78 is 50.7. The Morgan fingerprint density at radius 1 is 1.07 bits per heavy atom. The predicted octanol–water partition coefficient (Wildman–Crippen LogP) is 1.86. The maximum atomic E-state index is 12.0. The molecule has 0 N–H and O–H groups in total. The molecule has 0 aliphatic heterocycles. The van der Waals surface area contributed by atoms with Crippen molar-refractivity contribution in [3.05, 3.63) is 0 Å². The zero-order valence-electron chi connectivity index (χ0n) is 8.48. The molecule has 0 unspecified atom stereocenters. The van der Waals surface area contributed by atoms with Crippen molar-refractivity contribution in [2.75, 3.05) is 27.6 Å². The van der Waals surface area contributed by atoms with E-state index < -0.39 is 21.2 Å².